The van der Waals surface area contributed by atoms with Crippen molar-refractivity contribution in [3.05, 3.63) is 58.7 Å². The summed E-state index contributed by atoms with van der Waals surface area (Å²) in [5.41, 5.74) is 1.78. The second kappa shape index (κ2) is 10.4. The van der Waals surface area contributed by atoms with E-state index in [1.54, 1.807) is 6.07 Å². The van der Waals surface area contributed by atoms with Gasteiger partial charge in [0.25, 0.3) is 0 Å². The Balaban J connectivity index is 1.40. The zero-order chi connectivity index (χ0) is 22.7. The molecule has 0 heterocycles. The molecule has 0 N–H and O–H groups in total. The van der Waals surface area contributed by atoms with E-state index in [9.17, 15) is 13.2 Å². The molecule has 2 aliphatic rings. The van der Waals surface area contributed by atoms with Crippen molar-refractivity contribution in [2.45, 2.75) is 77.2 Å². The third kappa shape index (κ3) is 5.03. The van der Waals surface area contributed by atoms with Crippen LogP contribution in [0.4, 0.5) is 17.6 Å². The minimum atomic E-state index is -1.53. The second-order valence-electron chi connectivity index (χ2n) is 9.44. The van der Waals surface area contributed by atoms with Crippen molar-refractivity contribution in [3.8, 4) is 11.1 Å². The first-order valence-electron chi connectivity index (χ1n) is 12.0. The van der Waals surface area contributed by atoms with Gasteiger partial charge in [0, 0.05) is 12.2 Å². The van der Waals surface area contributed by atoms with Gasteiger partial charge in [0.1, 0.15) is 5.82 Å². The predicted octanol–water partition coefficient (Wildman–Crippen LogP) is 7.78. The maximum absolute atomic E-state index is 15.2. The minimum Gasteiger partial charge on any atom is -0.378 e. The average Bonchev–Trinajstić information content (AvgIpc) is 2.80. The van der Waals surface area contributed by atoms with Gasteiger partial charge in [-0.2, -0.15) is 0 Å². The maximum Gasteiger partial charge on any atom is 0.194 e. The van der Waals surface area contributed by atoms with E-state index in [-0.39, 0.29) is 11.1 Å². The molecule has 1 unspecified atom stereocenters. The Labute approximate surface area is 188 Å². The first kappa shape index (κ1) is 23.3. The van der Waals surface area contributed by atoms with Crippen LogP contribution in [0.1, 0.15) is 69.4 Å². The zero-order valence-corrected chi connectivity index (χ0v) is 18.7. The molecule has 2 aromatic rings. The second-order valence-corrected chi connectivity index (χ2v) is 9.44. The Morgan fingerprint density at radius 2 is 1.56 bits per heavy atom. The molecule has 1 atom stereocenters. The van der Waals surface area contributed by atoms with Crippen molar-refractivity contribution in [1.29, 1.82) is 0 Å². The number of ether oxygens (including phenoxy) is 1. The van der Waals surface area contributed by atoms with Gasteiger partial charge in [-0.15, -0.1) is 0 Å². The Morgan fingerprint density at radius 3 is 2.25 bits per heavy atom. The van der Waals surface area contributed by atoms with Crippen LogP contribution in [0.2, 0.25) is 0 Å². The highest BCUT2D eigenvalue weighted by atomic mass is 19.2. The molecule has 2 aromatic carbocycles. The standard InChI is InChI=1S/C27H32F4O/c1-2-3-4-13-32-21-9-5-17(6-10-21)18-7-11-22-19(14-18)8-12-23(26(22)30)20-15-24(28)27(31)25(29)16-20/h8,12,15-18,21H,2-7,9-11,13-14H2,1H3. The van der Waals surface area contributed by atoms with E-state index >= 15 is 4.39 Å². The highest BCUT2D eigenvalue weighted by Gasteiger charge is 2.32. The number of benzene rings is 2. The summed E-state index contributed by atoms with van der Waals surface area (Å²) in [6.45, 7) is 3.06. The molecule has 2 aliphatic carbocycles. The van der Waals surface area contributed by atoms with Gasteiger partial charge >= 0.3 is 0 Å². The third-order valence-electron chi connectivity index (χ3n) is 7.37. The van der Waals surface area contributed by atoms with Gasteiger partial charge in [0.2, 0.25) is 0 Å². The quantitative estimate of drug-likeness (QED) is 0.239. The zero-order valence-electron chi connectivity index (χ0n) is 18.7. The molecule has 0 bridgehead atoms. The number of halogens is 4. The summed E-state index contributed by atoms with van der Waals surface area (Å²) in [4.78, 5) is 0. The lowest BCUT2D eigenvalue weighted by molar-refractivity contribution is 0.00844. The largest absolute Gasteiger partial charge is 0.378 e. The van der Waals surface area contributed by atoms with Gasteiger partial charge in [0.15, 0.2) is 17.5 Å². The van der Waals surface area contributed by atoms with E-state index < -0.39 is 23.3 Å². The van der Waals surface area contributed by atoms with E-state index in [4.69, 9.17) is 4.74 Å². The van der Waals surface area contributed by atoms with Crippen molar-refractivity contribution in [3.63, 3.8) is 0 Å². The van der Waals surface area contributed by atoms with Gasteiger partial charge in [-0.3, -0.25) is 0 Å². The fourth-order valence-corrected chi connectivity index (χ4v) is 5.50. The van der Waals surface area contributed by atoms with E-state index in [1.807, 2.05) is 6.07 Å². The molecule has 174 valence electrons. The molecular weight excluding hydrogens is 416 g/mol. The van der Waals surface area contributed by atoms with Crippen LogP contribution in [-0.4, -0.2) is 12.7 Å². The van der Waals surface area contributed by atoms with Crippen LogP contribution in [0.15, 0.2) is 24.3 Å². The van der Waals surface area contributed by atoms with Crippen LogP contribution in [0.25, 0.3) is 11.1 Å². The lowest BCUT2D eigenvalue weighted by Crippen LogP contribution is -2.29. The Morgan fingerprint density at radius 1 is 0.844 bits per heavy atom. The number of hydrogen-bond donors (Lipinski definition) is 0. The lowest BCUT2D eigenvalue weighted by atomic mass is 9.71. The minimum absolute atomic E-state index is 0.0288. The molecule has 0 spiro atoms. The van der Waals surface area contributed by atoms with Gasteiger partial charge in [-0.25, -0.2) is 17.6 Å². The first-order chi connectivity index (χ1) is 15.5. The Bertz CT molecular complexity index is 910. The van der Waals surface area contributed by atoms with Crippen LogP contribution in [0.3, 0.4) is 0 Å². The molecule has 4 rings (SSSR count). The van der Waals surface area contributed by atoms with Crippen LogP contribution in [0, 0.1) is 35.1 Å². The Hall–Kier alpha value is -1.88. The molecule has 32 heavy (non-hydrogen) atoms. The smallest absolute Gasteiger partial charge is 0.194 e. The van der Waals surface area contributed by atoms with Crippen LogP contribution in [-0.2, 0) is 17.6 Å². The summed E-state index contributed by atoms with van der Waals surface area (Å²) in [5.74, 6) is -3.40. The third-order valence-corrected chi connectivity index (χ3v) is 7.37. The highest BCUT2D eigenvalue weighted by Crippen LogP contribution is 2.40. The van der Waals surface area contributed by atoms with Crippen LogP contribution < -0.4 is 0 Å². The summed E-state index contributed by atoms with van der Waals surface area (Å²) in [6.07, 6.45) is 10.9. The normalized spacial score (nSPS) is 23.2. The molecule has 0 saturated heterocycles. The summed E-state index contributed by atoms with van der Waals surface area (Å²) in [7, 11) is 0. The van der Waals surface area contributed by atoms with Crippen molar-refractivity contribution >= 4 is 0 Å². The highest BCUT2D eigenvalue weighted by molar-refractivity contribution is 5.66. The predicted molar refractivity (Wildman–Crippen MR) is 118 cm³/mol. The molecule has 1 saturated carbocycles. The molecule has 0 amide bonds. The summed E-state index contributed by atoms with van der Waals surface area (Å²) in [5, 5.41) is 0. The van der Waals surface area contributed by atoms with Crippen LogP contribution >= 0.6 is 0 Å². The van der Waals surface area contributed by atoms with Crippen molar-refractivity contribution < 1.29 is 22.3 Å². The first-order valence-corrected chi connectivity index (χ1v) is 12.0. The van der Waals surface area contributed by atoms with Crippen molar-refractivity contribution in [2.75, 3.05) is 6.61 Å². The van der Waals surface area contributed by atoms with E-state index in [1.165, 1.54) is 12.8 Å². The summed E-state index contributed by atoms with van der Waals surface area (Å²) < 4.78 is 61.8. The van der Waals surface area contributed by atoms with Crippen molar-refractivity contribution in [1.82, 2.24) is 0 Å². The molecule has 0 aliphatic heterocycles. The van der Waals surface area contributed by atoms with E-state index in [0.717, 1.165) is 69.2 Å². The topological polar surface area (TPSA) is 9.23 Å². The summed E-state index contributed by atoms with van der Waals surface area (Å²) in [6, 6.07) is 5.17. The van der Waals surface area contributed by atoms with Gasteiger partial charge in [-0.1, -0.05) is 31.9 Å². The fraction of sp³-hybridized carbons (Fsp3) is 0.556. The van der Waals surface area contributed by atoms with E-state index in [2.05, 4.69) is 6.92 Å². The van der Waals surface area contributed by atoms with Gasteiger partial charge in [-0.05, 0) is 92.0 Å². The molecule has 0 aromatic heterocycles. The maximum atomic E-state index is 15.2. The number of unbranched alkanes of at least 4 members (excludes halogenated alkanes) is 2. The fourth-order valence-electron chi connectivity index (χ4n) is 5.50. The Kier molecular flexibility index (Phi) is 7.55. The van der Waals surface area contributed by atoms with Gasteiger partial charge < -0.3 is 4.74 Å². The number of rotatable bonds is 7. The van der Waals surface area contributed by atoms with E-state index in [0.29, 0.717) is 29.9 Å². The van der Waals surface area contributed by atoms with Crippen molar-refractivity contribution in [2.24, 2.45) is 11.8 Å². The molecule has 0 radical (unpaired) electrons. The van der Waals surface area contributed by atoms with Gasteiger partial charge in [0.05, 0.1) is 6.10 Å². The number of fused-ring (bicyclic) bond motifs is 1. The average molecular weight is 449 g/mol. The molecule has 1 fully saturated rings. The van der Waals surface area contributed by atoms with Crippen LogP contribution in [0.5, 0.6) is 0 Å². The molecular formula is C27H32F4O. The molecule has 5 heteroatoms. The summed E-state index contributed by atoms with van der Waals surface area (Å²) >= 11 is 0. The SMILES string of the molecule is CCCCCOC1CCC(C2CCc3c(ccc(-c4cc(F)c(F)c(F)c4)c3F)C2)CC1. The monoisotopic (exact) mass is 448 g/mol. The molecule has 1 nitrogen and oxygen atoms in total. The number of hydrogen-bond acceptors (Lipinski definition) is 1. The lowest BCUT2D eigenvalue weighted by Gasteiger charge is -2.36.